The monoisotopic (exact) mass is 312 g/mol. The van der Waals surface area contributed by atoms with E-state index in [4.69, 9.17) is 22.1 Å². The number of unbranched alkanes of at least 4 members (excludes halogenated alkanes) is 1. The first kappa shape index (κ1) is 15.1. The topological polar surface area (TPSA) is 64.3 Å². The Kier molecular flexibility index (Phi) is 5.23. The van der Waals surface area contributed by atoms with E-state index in [0.29, 0.717) is 28.7 Å². The Labute approximate surface area is 126 Å². The van der Waals surface area contributed by atoms with Crippen LogP contribution < -0.4 is 11.1 Å². The van der Waals surface area contributed by atoms with E-state index in [1.54, 1.807) is 13.2 Å². The Bertz CT molecular complexity index is 612. The molecule has 2 rings (SSSR count). The maximum Gasteiger partial charge on any atom is 0.263 e. The molecule has 0 aliphatic heterocycles. The Hall–Kier alpha value is -1.30. The van der Waals surface area contributed by atoms with Crippen LogP contribution in [0.1, 0.15) is 22.5 Å². The fourth-order valence-corrected chi connectivity index (χ4v) is 3.35. The largest absolute Gasteiger partial charge is 0.397 e. The fraction of sp³-hybridized carbons (Fsp3) is 0.357. The van der Waals surface area contributed by atoms with Crippen molar-refractivity contribution in [2.45, 2.75) is 12.8 Å². The van der Waals surface area contributed by atoms with Crippen LogP contribution in [0, 0.1) is 0 Å². The second kappa shape index (κ2) is 6.92. The average Bonchev–Trinajstić information content (AvgIpc) is 2.77. The van der Waals surface area contributed by atoms with Crippen LogP contribution in [0.2, 0.25) is 5.02 Å². The van der Waals surface area contributed by atoms with Crippen molar-refractivity contribution in [3.8, 4) is 0 Å². The molecule has 0 saturated heterocycles. The van der Waals surface area contributed by atoms with E-state index in [9.17, 15) is 4.79 Å². The third-order valence-corrected chi connectivity index (χ3v) is 4.45. The Morgan fingerprint density at radius 2 is 2.25 bits per heavy atom. The molecule has 0 spiro atoms. The first-order valence-electron chi connectivity index (χ1n) is 6.38. The highest BCUT2D eigenvalue weighted by Crippen LogP contribution is 2.37. The van der Waals surface area contributed by atoms with E-state index in [1.165, 1.54) is 11.3 Å². The number of amides is 1. The molecule has 6 heteroatoms. The van der Waals surface area contributed by atoms with E-state index >= 15 is 0 Å². The maximum atomic E-state index is 12.1. The molecule has 4 nitrogen and oxygen atoms in total. The summed E-state index contributed by atoms with van der Waals surface area (Å²) in [5.41, 5.74) is 6.50. The van der Waals surface area contributed by atoms with Gasteiger partial charge in [-0.05, 0) is 25.0 Å². The SMILES string of the molecule is COCCCCNC(=O)c1sc2cccc(Cl)c2c1N. The molecule has 0 saturated carbocycles. The van der Waals surface area contributed by atoms with Crippen LogP contribution in [0.3, 0.4) is 0 Å². The number of hydrogen-bond donors (Lipinski definition) is 2. The van der Waals surface area contributed by atoms with Crippen LogP contribution in [-0.2, 0) is 4.74 Å². The summed E-state index contributed by atoms with van der Waals surface area (Å²) >= 11 is 7.49. The molecule has 3 N–H and O–H groups in total. The van der Waals surface area contributed by atoms with Gasteiger partial charge in [-0.15, -0.1) is 11.3 Å². The van der Waals surface area contributed by atoms with E-state index in [1.807, 2.05) is 12.1 Å². The van der Waals surface area contributed by atoms with E-state index in [-0.39, 0.29) is 5.91 Å². The van der Waals surface area contributed by atoms with Crippen LogP contribution in [0.5, 0.6) is 0 Å². The minimum absolute atomic E-state index is 0.141. The molecule has 1 heterocycles. The summed E-state index contributed by atoms with van der Waals surface area (Å²) in [7, 11) is 1.67. The molecule has 20 heavy (non-hydrogen) atoms. The van der Waals surface area contributed by atoms with Gasteiger partial charge in [0.15, 0.2) is 0 Å². The second-order valence-electron chi connectivity index (χ2n) is 4.41. The predicted octanol–water partition coefficient (Wildman–Crippen LogP) is 3.29. The van der Waals surface area contributed by atoms with Crippen molar-refractivity contribution in [2.75, 3.05) is 26.0 Å². The molecule has 0 aliphatic carbocycles. The number of methoxy groups -OCH3 is 1. The molecule has 2 aromatic rings. The molecule has 0 atom stereocenters. The van der Waals surface area contributed by atoms with E-state index < -0.39 is 0 Å². The molecule has 1 aromatic carbocycles. The van der Waals surface area contributed by atoms with Crippen LogP contribution in [0.4, 0.5) is 5.69 Å². The molecule has 108 valence electrons. The molecule has 0 radical (unpaired) electrons. The summed E-state index contributed by atoms with van der Waals surface area (Å²) in [4.78, 5) is 12.7. The number of nitrogens with one attached hydrogen (secondary N) is 1. The lowest BCUT2D eigenvalue weighted by atomic mass is 10.2. The summed E-state index contributed by atoms with van der Waals surface area (Å²) in [5.74, 6) is -0.141. The van der Waals surface area contributed by atoms with Gasteiger partial charge in [0, 0.05) is 30.3 Å². The number of carbonyl (C=O) groups excluding carboxylic acids is 1. The van der Waals surface area contributed by atoms with Crippen molar-refractivity contribution in [1.29, 1.82) is 0 Å². The summed E-state index contributed by atoms with van der Waals surface area (Å²) in [5, 5.41) is 4.22. The van der Waals surface area contributed by atoms with Crippen LogP contribution >= 0.6 is 22.9 Å². The van der Waals surface area contributed by atoms with Crippen molar-refractivity contribution in [3.05, 3.63) is 28.1 Å². The third kappa shape index (κ3) is 3.23. The fourth-order valence-electron chi connectivity index (χ4n) is 1.95. The minimum atomic E-state index is -0.141. The number of fused-ring (bicyclic) bond motifs is 1. The van der Waals surface area contributed by atoms with Gasteiger partial charge in [-0.1, -0.05) is 17.7 Å². The zero-order valence-electron chi connectivity index (χ0n) is 11.2. The molecule has 1 aromatic heterocycles. The lowest BCUT2D eigenvalue weighted by Gasteiger charge is -2.04. The van der Waals surface area contributed by atoms with Crippen molar-refractivity contribution in [2.24, 2.45) is 0 Å². The Morgan fingerprint density at radius 3 is 2.95 bits per heavy atom. The highest BCUT2D eigenvalue weighted by atomic mass is 35.5. The Balaban J connectivity index is 2.07. The molecule has 0 unspecified atom stereocenters. The maximum absolute atomic E-state index is 12.1. The molecule has 0 aliphatic rings. The van der Waals surface area contributed by atoms with Gasteiger partial charge in [0.2, 0.25) is 0 Å². The van der Waals surface area contributed by atoms with Gasteiger partial charge in [-0.2, -0.15) is 0 Å². The minimum Gasteiger partial charge on any atom is -0.397 e. The van der Waals surface area contributed by atoms with Gasteiger partial charge in [0.05, 0.1) is 10.7 Å². The molecular formula is C14H17ClN2O2S. The van der Waals surface area contributed by atoms with Gasteiger partial charge in [-0.3, -0.25) is 4.79 Å². The van der Waals surface area contributed by atoms with Crippen molar-refractivity contribution >= 4 is 44.6 Å². The summed E-state index contributed by atoms with van der Waals surface area (Å²) in [6, 6.07) is 5.55. The standard InChI is InChI=1S/C14H17ClN2O2S/c1-19-8-3-2-7-17-14(18)13-12(16)11-9(15)5-4-6-10(11)20-13/h4-6H,2-3,7-8,16H2,1H3,(H,17,18). The number of benzene rings is 1. The van der Waals surface area contributed by atoms with Crippen molar-refractivity contribution in [3.63, 3.8) is 0 Å². The van der Waals surface area contributed by atoms with Gasteiger partial charge in [0.1, 0.15) is 4.88 Å². The van der Waals surface area contributed by atoms with Crippen LogP contribution in [0.15, 0.2) is 18.2 Å². The van der Waals surface area contributed by atoms with Crippen molar-refractivity contribution in [1.82, 2.24) is 5.32 Å². The predicted molar refractivity (Wildman–Crippen MR) is 84.7 cm³/mol. The number of carbonyl (C=O) groups is 1. The summed E-state index contributed by atoms with van der Waals surface area (Å²) < 4.78 is 5.89. The zero-order chi connectivity index (χ0) is 14.5. The highest BCUT2D eigenvalue weighted by molar-refractivity contribution is 7.21. The van der Waals surface area contributed by atoms with Gasteiger partial charge in [-0.25, -0.2) is 0 Å². The van der Waals surface area contributed by atoms with Crippen LogP contribution in [0.25, 0.3) is 10.1 Å². The number of halogens is 1. The lowest BCUT2D eigenvalue weighted by Crippen LogP contribution is -2.24. The summed E-state index contributed by atoms with van der Waals surface area (Å²) in [6.45, 7) is 1.32. The van der Waals surface area contributed by atoms with Gasteiger partial charge >= 0.3 is 0 Å². The number of anilines is 1. The van der Waals surface area contributed by atoms with E-state index in [2.05, 4.69) is 5.32 Å². The number of rotatable bonds is 6. The van der Waals surface area contributed by atoms with Crippen molar-refractivity contribution < 1.29 is 9.53 Å². The smallest absolute Gasteiger partial charge is 0.263 e. The molecular weight excluding hydrogens is 296 g/mol. The molecule has 0 fully saturated rings. The number of hydrogen-bond acceptors (Lipinski definition) is 4. The normalized spacial score (nSPS) is 10.9. The molecule has 0 bridgehead atoms. The number of ether oxygens (including phenoxy) is 1. The van der Waals surface area contributed by atoms with Gasteiger partial charge < -0.3 is 15.8 Å². The third-order valence-electron chi connectivity index (χ3n) is 2.97. The lowest BCUT2D eigenvalue weighted by molar-refractivity contribution is 0.0956. The Morgan fingerprint density at radius 1 is 1.45 bits per heavy atom. The molecule has 1 amide bonds. The van der Waals surface area contributed by atoms with Crippen LogP contribution in [-0.4, -0.2) is 26.2 Å². The number of nitrogen functional groups attached to an aromatic ring is 1. The number of nitrogens with two attached hydrogens (primary N) is 1. The summed E-state index contributed by atoms with van der Waals surface area (Å²) in [6.07, 6.45) is 1.80. The van der Waals surface area contributed by atoms with Gasteiger partial charge in [0.25, 0.3) is 5.91 Å². The first-order valence-corrected chi connectivity index (χ1v) is 7.58. The second-order valence-corrected chi connectivity index (χ2v) is 5.87. The number of thiophene rings is 1. The first-order chi connectivity index (χ1) is 9.65. The average molecular weight is 313 g/mol. The highest BCUT2D eigenvalue weighted by Gasteiger charge is 2.17. The van der Waals surface area contributed by atoms with E-state index in [0.717, 1.165) is 22.9 Å². The zero-order valence-corrected chi connectivity index (χ0v) is 12.8. The quantitative estimate of drug-likeness (QED) is 0.804.